The van der Waals surface area contributed by atoms with Gasteiger partial charge >= 0.3 is 19.5 Å². The Bertz CT molecular complexity index is 2240. The van der Waals surface area contributed by atoms with E-state index in [1.165, 1.54) is 102 Å². The molecule has 0 radical (unpaired) electrons. The average Bonchev–Trinajstić information content (AvgIpc) is 4.05. The zero-order chi connectivity index (χ0) is 38.4. The number of ether oxygens (including phenoxy) is 1. The molecule has 0 fully saturated rings. The zero-order valence-electron chi connectivity index (χ0n) is 34.3. The number of hydrogen-bond acceptors (Lipinski definition) is 3. The summed E-state index contributed by atoms with van der Waals surface area (Å²) >= 11 is 0. The average molecular weight is 808 g/mol. The fourth-order valence-electron chi connectivity index (χ4n) is 7.83. The Hall–Kier alpha value is -4.54. The van der Waals surface area contributed by atoms with Crippen LogP contribution in [-0.4, -0.2) is 16.6 Å². The first kappa shape index (κ1) is 42.1. The Labute approximate surface area is 353 Å². The fourth-order valence-corrected chi connectivity index (χ4v) is 7.83. The van der Waals surface area contributed by atoms with Gasteiger partial charge in [-0.15, -0.1) is 22.1 Å². The van der Waals surface area contributed by atoms with Crippen molar-refractivity contribution in [2.24, 2.45) is 0 Å². The summed E-state index contributed by atoms with van der Waals surface area (Å²) in [4.78, 5) is 20.2. The first-order chi connectivity index (χ1) is 27.6. The minimum absolute atomic E-state index is 0. The van der Waals surface area contributed by atoms with Crippen molar-refractivity contribution in [3.8, 4) is 28.0 Å². The van der Waals surface area contributed by atoms with Crippen LogP contribution in [0.1, 0.15) is 138 Å². The minimum atomic E-state index is 0. The summed E-state index contributed by atoms with van der Waals surface area (Å²) < 4.78 is 6.19. The summed E-state index contributed by atoms with van der Waals surface area (Å²) in [5.41, 5.74) is 12.3. The van der Waals surface area contributed by atoms with Crippen LogP contribution >= 0.6 is 0 Å². The van der Waals surface area contributed by atoms with E-state index in [1.54, 1.807) is 0 Å². The minimum Gasteiger partial charge on any atom is -0.657 e. The largest absolute Gasteiger partial charge is 2.00 e. The van der Waals surface area contributed by atoms with E-state index >= 15 is 0 Å². The summed E-state index contributed by atoms with van der Waals surface area (Å²) in [7, 11) is 0. The molecule has 5 heterocycles. The van der Waals surface area contributed by atoms with Gasteiger partial charge in [-0.05, 0) is 72.0 Å². The van der Waals surface area contributed by atoms with E-state index in [1.807, 2.05) is 12.1 Å². The molecule has 0 saturated heterocycles. The number of aryl methyl sites for hydroxylation is 1. The quantitative estimate of drug-likeness (QED) is 0.0567. The Kier molecular flexibility index (Phi) is 16.1. The molecular formula is C51H58N4OZn. The molecule has 5 aromatic rings. The maximum absolute atomic E-state index is 6.19. The van der Waals surface area contributed by atoms with Crippen LogP contribution in [0.15, 0.2) is 84.9 Å². The molecule has 3 aromatic heterocycles. The molecule has 6 heteroatoms. The van der Waals surface area contributed by atoms with Crippen LogP contribution in [-0.2, 0) is 19.5 Å². The number of nitrogens with zero attached hydrogens (tertiary/aromatic N) is 4. The van der Waals surface area contributed by atoms with Gasteiger partial charge in [-0.1, -0.05) is 182 Å². The first-order valence-electron chi connectivity index (χ1n) is 21.4. The maximum atomic E-state index is 6.19. The zero-order valence-corrected chi connectivity index (χ0v) is 37.3. The number of benzene rings is 2. The van der Waals surface area contributed by atoms with Gasteiger partial charge in [-0.3, -0.25) is 0 Å². The second kappa shape index (κ2) is 21.8. The summed E-state index contributed by atoms with van der Waals surface area (Å²) in [6, 6.07) is 29.3. The van der Waals surface area contributed by atoms with Gasteiger partial charge in [0.2, 0.25) is 0 Å². The van der Waals surface area contributed by atoms with Gasteiger partial charge in [0.25, 0.3) is 0 Å². The topological polar surface area (TPSA) is 63.2 Å². The maximum Gasteiger partial charge on any atom is 2.00 e. The van der Waals surface area contributed by atoms with E-state index in [9.17, 15) is 0 Å². The number of unbranched alkanes of at least 4 members (excludes halogenated alkanes) is 15. The number of hydrogen-bond donors (Lipinski definition) is 0. The summed E-state index contributed by atoms with van der Waals surface area (Å²) in [5.74, 6) is 0.899. The number of aromatic nitrogens is 4. The third-order valence-electron chi connectivity index (χ3n) is 11.0. The van der Waals surface area contributed by atoms with E-state index in [2.05, 4.69) is 111 Å². The molecule has 290 valence electrons. The molecule has 0 unspecified atom stereocenters. The smallest absolute Gasteiger partial charge is 0.657 e. The summed E-state index contributed by atoms with van der Waals surface area (Å²) in [6.45, 7) is 5.15. The van der Waals surface area contributed by atoms with Crippen molar-refractivity contribution >= 4 is 46.4 Å². The van der Waals surface area contributed by atoms with Gasteiger partial charge < -0.3 is 14.7 Å². The van der Waals surface area contributed by atoms with Crippen molar-refractivity contribution < 1.29 is 24.2 Å². The van der Waals surface area contributed by atoms with Gasteiger partial charge in [-0.2, -0.15) is 0 Å². The predicted molar refractivity (Wildman–Crippen MR) is 237 cm³/mol. The van der Waals surface area contributed by atoms with Crippen molar-refractivity contribution in [3.05, 3.63) is 113 Å². The summed E-state index contributed by atoms with van der Waals surface area (Å²) in [6.07, 6.45) is 30.2. The summed E-state index contributed by atoms with van der Waals surface area (Å²) in [5, 5.41) is 0. The van der Waals surface area contributed by atoms with Crippen molar-refractivity contribution in [3.63, 3.8) is 0 Å². The molecule has 57 heavy (non-hydrogen) atoms. The van der Waals surface area contributed by atoms with Gasteiger partial charge in [0.15, 0.2) is 0 Å². The molecule has 0 spiro atoms. The number of rotatable bonds is 20. The molecule has 2 aliphatic rings. The molecule has 8 bridgehead atoms. The molecule has 0 amide bonds. The van der Waals surface area contributed by atoms with Gasteiger partial charge in [0.1, 0.15) is 5.75 Å². The molecule has 0 atom stereocenters. The van der Waals surface area contributed by atoms with Crippen LogP contribution < -0.4 is 14.7 Å². The third kappa shape index (κ3) is 12.0. The molecule has 0 aliphatic carbocycles. The SMILES string of the molecule is CCCCCCCCCCCCCCCCCCOc1ccc(-c2c3nc(cc4ccc([n-]4)c(-c4ccc(C)cc4)c4nc(cc5ccc2[n-]5)C=C4)C=C3)cc1.[Zn+2]. The Morgan fingerprint density at radius 1 is 0.474 bits per heavy atom. The van der Waals surface area contributed by atoms with Crippen LogP contribution in [0.25, 0.3) is 68.6 Å². The predicted octanol–water partition coefficient (Wildman–Crippen LogP) is 14.2. The van der Waals surface area contributed by atoms with Crippen LogP contribution in [0.3, 0.4) is 0 Å². The molecule has 7 rings (SSSR count). The molecule has 0 saturated carbocycles. The van der Waals surface area contributed by atoms with E-state index in [0.29, 0.717) is 0 Å². The molecule has 2 aliphatic heterocycles. The van der Waals surface area contributed by atoms with Crippen LogP contribution in [0, 0.1) is 6.92 Å². The Morgan fingerprint density at radius 3 is 1.35 bits per heavy atom. The fraction of sp³-hybridized carbons (Fsp3) is 0.373. The molecular weight excluding hydrogens is 750 g/mol. The van der Waals surface area contributed by atoms with Crippen molar-refractivity contribution in [2.45, 2.75) is 117 Å². The Balaban J connectivity index is 0.00000549. The molecule has 2 aromatic carbocycles. The first-order valence-corrected chi connectivity index (χ1v) is 21.4. The third-order valence-corrected chi connectivity index (χ3v) is 11.0. The van der Waals surface area contributed by atoms with Crippen molar-refractivity contribution in [1.82, 2.24) is 19.9 Å². The van der Waals surface area contributed by atoms with E-state index in [4.69, 9.17) is 24.7 Å². The second-order valence-electron chi connectivity index (χ2n) is 15.6. The normalized spacial score (nSPS) is 11.9. The van der Waals surface area contributed by atoms with Crippen molar-refractivity contribution in [2.75, 3.05) is 6.61 Å². The van der Waals surface area contributed by atoms with E-state index in [-0.39, 0.29) is 19.5 Å². The molecule has 0 N–H and O–H groups in total. The molecule has 5 nitrogen and oxygen atoms in total. The van der Waals surface area contributed by atoms with Gasteiger partial charge in [-0.25, -0.2) is 9.97 Å². The van der Waals surface area contributed by atoms with Crippen LogP contribution in [0.4, 0.5) is 0 Å². The van der Waals surface area contributed by atoms with E-state index in [0.717, 1.165) is 85.9 Å². The Morgan fingerprint density at radius 2 is 0.895 bits per heavy atom. The van der Waals surface area contributed by atoms with Crippen molar-refractivity contribution in [1.29, 1.82) is 0 Å². The van der Waals surface area contributed by atoms with Crippen LogP contribution in [0.2, 0.25) is 0 Å². The van der Waals surface area contributed by atoms with Gasteiger partial charge in [0.05, 0.1) is 29.4 Å². The second-order valence-corrected chi connectivity index (χ2v) is 15.6. The number of fused-ring (bicyclic) bond motifs is 8. The van der Waals surface area contributed by atoms with Gasteiger partial charge in [0, 0.05) is 0 Å². The standard InChI is InChI=1S/C51H58N4O.Zn/c1-3-4-5-6-7-8-9-10-11-12-13-14-15-16-17-18-35-56-45-29-23-40(24-30-45)51-48-33-27-43(54-48)36-41-25-31-46(52-41)50(39-21-19-38(2)20-22-39)47-32-26-42(53-47)37-44-28-34-49(51)55-44;/h19-34,36-37H,3-18,35H2,1-2H3;/q-2;+2. The van der Waals surface area contributed by atoms with Crippen LogP contribution in [0.5, 0.6) is 5.75 Å². The monoisotopic (exact) mass is 806 g/mol. The van der Waals surface area contributed by atoms with E-state index < -0.39 is 0 Å².